The standard InChI is InChI=1S/C12H22N4S/c1-3-7-16-10(9-14-15-16)12(13-4-2)11-6-5-8-17-11/h9,11-13H,3-8H2,1-2H3. The zero-order valence-electron chi connectivity index (χ0n) is 10.7. The summed E-state index contributed by atoms with van der Waals surface area (Å²) < 4.78 is 2.06. The van der Waals surface area contributed by atoms with Crippen LogP contribution >= 0.6 is 11.8 Å². The van der Waals surface area contributed by atoms with Crippen molar-refractivity contribution in [3.05, 3.63) is 11.9 Å². The van der Waals surface area contributed by atoms with E-state index in [1.807, 2.05) is 6.20 Å². The van der Waals surface area contributed by atoms with Crippen molar-refractivity contribution in [2.45, 2.75) is 50.9 Å². The third-order valence-electron chi connectivity index (χ3n) is 3.16. The van der Waals surface area contributed by atoms with Crippen LogP contribution in [0, 0.1) is 0 Å². The smallest absolute Gasteiger partial charge is 0.0767 e. The fraction of sp³-hybridized carbons (Fsp3) is 0.833. The first-order chi connectivity index (χ1) is 8.36. The average Bonchev–Trinajstić information content (AvgIpc) is 2.97. The number of thioether (sulfide) groups is 1. The van der Waals surface area contributed by atoms with E-state index in [4.69, 9.17) is 0 Å². The number of nitrogens with one attached hydrogen (secondary N) is 1. The third kappa shape index (κ3) is 3.01. The molecule has 2 rings (SSSR count). The first-order valence-corrected chi connectivity index (χ1v) is 7.65. The van der Waals surface area contributed by atoms with Crippen molar-refractivity contribution in [1.29, 1.82) is 0 Å². The molecule has 0 aliphatic carbocycles. The van der Waals surface area contributed by atoms with Crippen LogP contribution in [0.5, 0.6) is 0 Å². The van der Waals surface area contributed by atoms with Crippen LogP contribution in [0.4, 0.5) is 0 Å². The molecule has 0 saturated carbocycles. The largest absolute Gasteiger partial charge is 0.308 e. The highest BCUT2D eigenvalue weighted by Gasteiger charge is 2.28. The minimum atomic E-state index is 0.411. The van der Waals surface area contributed by atoms with Gasteiger partial charge in [0.2, 0.25) is 0 Å². The molecule has 1 aliphatic rings. The fourth-order valence-corrected chi connectivity index (χ4v) is 3.80. The Morgan fingerprint density at radius 3 is 3.12 bits per heavy atom. The molecular weight excluding hydrogens is 232 g/mol. The number of hydrogen-bond acceptors (Lipinski definition) is 4. The van der Waals surface area contributed by atoms with Crippen molar-refractivity contribution in [3.8, 4) is 0 Å². The van der Waals surface area contributed by atoms with Crippen LogP contribution in [0.15, 0.2) is 6.20 Å². The number of aryl methyl sites for hydroxylation is 1. The molecule has 1 fully saturated rings. The van der Waals surface area contributed by atoms with E-state index in [0.29, 0.717) is 11.3 Å². The molecule has 0 amide bonds. The predicted octanol–water partition coefficient (Wildman–Crippen LogP) is 2.23. The molecule has 0 bridgehead atoms. The Morgan fingerprint density at radius 1 is 1.59 bits per heavy atom. The molecule has 5 heteroatoms. The fourth-order valence-electron chi connectivity index (χ4n) is 2.40. The van der Waals surface area contributed by atoms with Gasteiger partial charge in [-0.3, -0.25) is 0 Å². The zero-order chi connectivity index (χ0) is 12.1. The van der Waals surface area contributed by atoms with Gasteiger partial charge in [-0.2, -0.15) is 11.8 Å². The lowest BCUT2D eigenvalue weighted by molar-refractivity contribution is 0.459. The first-order valence-electron chi connectivity index (χ1n) is 6.60. The molecular formula is C12H22N4S. The van der Waals surface area contributed by atoms with Crippen molar-refractivity contribution >= 4 is 11.8 Å². The van der Waals surface area contributed by atoms with Crippen molar-refractivity contribution in [3.63, 3.8) is 0 Å². The molecule has 1 saturated heterocycles. The molecule has 0 aromatic carbocycles. The maximum atomic E-state index is 4.20. The quantitative estimate of drug-likeness (QED) is 0.845. The molecule has 4 nitrogen and oxygen atoms in total. The van der Waals surface area contributed by atoms with Crippen LogP contribution in [0.3, 0.4) is 0 Å². The molecule has 1 aromatic rings. The monoisotopic (exact) mass is 254 g/mol. The Kier molecular flexibility index (Phi) is 4.86. The van der Waals surface area contributed by atoms with Crippen LogP contribution in [0.1, 0.15) is 44.8 Å². The zero-order valence-corrected chi connectivity index (χ0v) is 11.5. The minimum Gasteiger partial charge on any atom is -0.308 e. The van der Waals surface area contributed by atoms with Gasteiger partial charge in [0, 0.05) is 11.8 Å². The van der Waals surface area contributed by atoms with Crippen molar-refractivity contribution < 1.29 is 0 Å². The number of aromatic nitrogens is 3. The van der Waals surface area contributed by atoms with Crippen LogP contribution in [0.25, 0.3) is 0 Å². The van der Waals surface area contributed by atoms with E-state index in [2.05, 4.69) is 45.9 Å². The molecule has 1 aromatic heterocycles. The maximum absolute atomic E-state index is 4.20. The maximum Gasteiger partial charge on any atom is 0.0767 e. The molecule has 2 atom stereocenters. The van der Waals surface area contributed by atoms with Gasteiger partial charge in [-0.05, 0) is 31.6 Å². The lowest BCUT2D eigenvalue weighted by Crippen LogP contribution is -2.31. The van der Waals surface area contributed by atoms with Gasteiger partial charge in [-0.15, -0.1) is 5.10 Å². The summed E-state index contributed by atoms with van der Waals surface area (Å²) in [6, 6.07) is 0.411. The topological polar surface area (TPSA) is 42.7 Å². The normalized spacial score (nSPS) is 21.9. The summed E-state index contributed by atoms with van der Waals surface area (Å²) in [5, 5.41) is 12.6. The van der Waals surface area contributed by atoms with Crippen molar-refractivity contribution in [2.75, 3.05) is 12.3 Å². The summed E-state index contributed by atoms with van der Waals surface area (Å²) in [5.41, 5.74) is 1.26. The number of hydrogen-bond donors (Lipinski definition) is 1. The molecule has 2 heterocycles. The molecule has 1 aliphatic heterocycles. The highest BCUT2D eigenvalue weighted by atomic mass is 32.2. The number of rotatable bonds is 6. The van der Waals surface area contributed by atoms with Crippen LogP contribution in [-0.4, -0.2) is 32.5 Å². The van der Waals surface area contributed by atoms with Gasteiger partial charge in [0.1, 0.15) is 0 Å². The number of nitrogens with zero attached hydrogens (tertiary/aromatic N) is 3. The van der Waals surface area contributed by atoms with E-state index in [1.54, 1.807) is 0 Å². The van der Waals surface area contributed by atoms with Gasteiger partial charge < -0.3 is 5.32 Å². The lowest BCUT2D eigenvalue weighted by Gasteiger charge is -2.23. The molecule has 17 heavy (non-hydrogen) atoms. The van der Waals surface area contributed by atoms with Crippen molar-refractivity contribution in [2.24, 2.45) is 0 Å². The molecule has 1 N–H and O–H groups in total. The van der Waals surface area contributed by atoms with Gasteiger partial charge >= 0.3 is 0 Å². The van der Waals surface area contributed by atoms with Crippen LogP contribution in [0.2, 0.25) is 0 Å². The van der Waals surface area contributed by atoms with Gasteiger partial charge in [0.15, 0.2) is 0 Å². The Hall–Kier alpha value is -0.550. The SMILES string of the molecule is CCCn1nncc1C(NCC)C1CCCS1. The van der Waals surface area contributed by atoms with E-state index >= 15 is 0 Å². The van der Waals surface area contributed by atoms with E-state index < -0.39 is 0 Å². The predicted molar refractivity (Wildman–Crippen MR) is 72.2 cm³/mol. The van der Waals surface area contributed by atoms with E-state index in [9.17, 15) is 0 Å². The Labute approximate surface area is 108 Å². The second kappa shape index (κ2) is 6.40. The van der Waals surface area contributed by atoms with E-state index in [0.717, 1.165) is 19.5 Å². The third-order valence-corrected chi connectivity index (χ3v) is 4.62. The average molecular weight is 254 g/mol. The van der Waals surface area contributed by atoms with Gasteiger partial charge in [-0.1, -0.05) is 19.1 Å². The first kappa shape index (κ1) is 12.9. The van der Waals surface area contributed by atoms with E-state index in [1.165, 1.54) is 24.3 Å². The Balaban J connectivity index is 2.15. The Morgan fingerprint density at radius 2 is 2.47 bits per heavy atom. The van der Waals surface area contributed by atoms with Crippen molar-refractivity contribution in [1.82, 2.24) is 20.3 Å². The van der Waals surface area contributed by atoms with E-state index in [-0.39, 0.29) is 0 Å². The second-order valence-corrected chi connectivity index (χ2v) is 5.82. The summed E-state index contributed by atoms with van der Waals surface area (Å²) in [4.78, 5) is 0. The summed E-state index contributed by atoms with van der Waals surface area (Å²) in [6.07, 6.45) is 5.68. The van der Waals surface area contributed by atoms with Gasteiger partial charge in [-0.25, -0.2) is 4.68 Å². The molecule has 2 unspecified atom stereocenters. The second-order valence-electron chi connectivity index (χ2n) is 4.47. The van der Waals surface area contributed by atoms with Gasteiger partial charge in [0.25, 0.3) is 0 Å². The summed E-state index contributed by atoms with van der Waals surface area (Å²) in [5.74, 6) is 1.29. The van der Waals surface area contributed by atoms with Gasteiger partial charge in [0.05, 0.1) is 17.9 Å². The highest BCUT2D eigenvalue weighted by molar-refractivity contribution is 8.00. The highest BCUT2D eigenvalue weighted by Crippen LogP contribution is 2.35. The van der Waals surface area contributed by atoms with Crippen LogP contribution < -0.4 is 5.32 Å². The molecule has 0 radical (unpaired) electrons. The minimum absolute atomic E-state index is 0.411. The Bertz CT molecular complexity index is 333. The van der Waals surface area contributed by atoms with Crippen LogP contribution in [-0.2, 0) is 6.54 Å². The summed E-state index contributed by atoms with van der Waals surface area (Å²) in [6.45, 7) is 6.31. The molecule has 96 valence electrons. The summed E-state index contributed by atoms with van der Waals surface area (Å²) >= 11 is 2.08. The summed E-state index contributed by atoms with van der Waals surface area (Å²) in [7, 11) is 0. The molecule has 0 spiro atoms. The lowest BCUT2D eigenvalue weighted by atomic mass is 10.1.